The first kappa shape index (κ1) is 12.7. The molecular formula is C13H10F2O2S. The third kappa shape index (κ3) is 2.41. The predicted octanol–water partition coefficient (Wildman–Crippen LogP) is 3.04. The third-order valence-corrected chi connectivity index (χ3v) is 3.66. The van der Waals surface area contributed by atoms with Crippen LogP contribution in [0.5, 0.6) is 0 Å². The average molecular weight is 268 g/mol. The van der Waals surface area contributed by atoms with Gasteiger partial charge in [0.2, 0.25) is 0 Å². The minimum Gasteiger partial charge on any atom is -0.224 e. The number of hydrogen-bond acceptors (Lipinski definition) is 2. The molecule has 0 heterocycles. The normalized spacial score (nSPS) is 11.5. The number of benzene rings is 2. The lowest BCUT2D eigenvalue weighted by Crippen LogP contribution is -2.00. The highest BCUT2D eigenvalue weighted by Crippen LogP contribution is 2.29. The SMILES string of the molecule is CS(=O)(=O)c1ccccc1-c1ccc(F)cc1F. The molecule has 18 heavy (non-hydrogen) atoms. The van der Waals surface area contributed by atoms with Crippen LogP contribution in [0.1, 0.15) is 0 Å². The van der Waals surface area contributed by atoms with Crippen LogP contribution in [0.15, 0.2) is 47.4 Å². The van der Waals surface area contributed by atoms with Crippen molar-refractivity contribution < 1.29 is 17.2 Å². The smallest absolute Gasteiger partial charge is 0.176 e. The molecule has 2 aromatic carbocycles. The first-order valence-electron chi connectivity index (χ1n) is 5.14. The van der Waals surface area contributed by atoms with Gasteiger partial charge in [-0.1, -0.05) is 18.2 Å². The van der Waals surface area contributed by atoms with E-state index in [1.54, 1.807) is 12.1 Å². The molecule has 94 valence electrons. The molecule has 0 saturated heterocycles. The summed E-state index contributed by atoms with van der Waals surface area (Å²) in [7, 11) is -3.47. The summed E-state index contributed by atoms with van der Waals surface area (Å²) >= 11 is 0. The number of rotatable bonds is 2. The maximum absolute atomic E-state index is 13.7. The van der Waals surface area contributed by atoms with Gasteiger partial charge >= 0.3 is 0 Å². The summed E-state index contributed by atoms with van der Waals surface area (Å²) in [5.41, 5.74) is 0.301. The molecule has 2 nitrogen and oxygen atoms in total. The summed E-state index contributed by atoms with van der Waals surface area (Å²) < 4.78 is 49.7. The van der Waals surface area contributed by atoms with Crippen LogP contribution in [0.25, 0.3) is 11.1 Å². The van der Waals surface area contributed by atoms with E-state index in [4.69, 9.17) is 0 Å². The highest BCUT2D eigenvalue weighted by molar-refractivity contribution is 7.90. The van der Waals surface area contributed by atoms with Crippen molar-refractivity contribution in [2.45, 2.75) is 4.90 Å². The third-order valence-electron chi connectivity index (χ3n) is 2.51. The summed E-state index contributed by atoms with van der Waals surface area (Å²) in [5, 5.41) is 0. The Morgan fingerprint density at radius 2 is 1.61 bits per heavy atom. The molecule has 0 spiro atoms. The molecule has 0 aromatic heterocycles. The fraction of sp³-hybridized carbons (Fsp3) is 0.0769. The fourth-order valence-corrected chi connectivity index (χ4v) is 2.62. The monoisotopic (exact) mass is 268 g/mol. The second-order valence-corrected chi connectivity index (χ2v) is 5.88. The average Bonchev–Trinajstić information content (AvgIpc) is 2.28. The second kappa shape index (κ2) is 4.49. The first-order valence-corrected chi connectivity index (χ1v) is 7.03. The van der Waals surface area contributed by atoms with Crippen molar-refractivity contribution in [2.75, 3.05) is 6.26 Å². The van der Waals surface area contributed by atoms with Crippen LogP contribution in [-0.2, 0) is 9.84 Å². The van der Waals surface area contributed by atoms with Crippen molar-refractivity contribution in [1.82, 2.24) is 0 Å². The topological polar surface area (TPSA) is 34.1 Å². The standard InChI is InChI=1S/C13H10F2O2S/c1-18(16,17)13-5-3-2-4-11(13)10-7-6-9(14)8-12(10)15/h2-8H,1H3. The van der Waals surface area contributed by atoms with Gasteiger partial charge in [0, 0.05) is 23.4 Å². The number of hydrogen-bond donors (Lipinski definition) is 0. The molecule has 0 saturated carbocycles. The fourth-order valence-electron chi connectivity index (χ4n) is 1.72. The Labute approximate surface area is 104 Å². The van der Waals surface area contributed by atoms with Crippen LogP contribution in [-0.4, -0.2) is 14.7 Å². The molecule has 0 aliphatic rings. The molecule has 0 radical (unpaired) electrons. The summed E-state index contributed by atoms with van der Waals surface area (Å²) in [5.74, 6) is -1.49. The van der Waals surface area contributed by atoms with Gasteiger partial charge in [0.15, 0.2) is 9.84 Å². The number of sulfone groups is 1. The van der Waals surface area contributed by atoms with Gasteiger partial charge in [0.1, 0.15) is 11.6 Å². The summed E-state index contributed by atoms with van der Waals surface area (Å²) in [6, 6.07) is 9.11. The summed E-state index contributed by atoms with van der Waals surface area (Å²) in [6.07, 6.45) is 1.05. The lowest BCUT2D eigenvalue weighted by atomic mass is 10.1. The van der Waals surface area contributed by atoms with E-state index in [-0.39, 0.29) is 16.0 Å². The molecule has 2 aromatic rings. The molecule has 0 unspecified atom stereocenters. The molecule has 0 aliphatic heterocycles. The van der Waals surface area contributed by atoms with E-state index in [0.29, 0.717) is 0 Å². The molecular weight excluding hydrogens is 258 g/mol. The van der Waals surface area contributed by atoms with Crippen molar-refractivity contribution in [2.24, 2.45) is 0 Å². The molecule has 0 atom stereocenters. The van der Waals surface area contributed by atoms with Gasteiger partial charge in [0.05, 0.1) is 4.90 Å². The second-order valence-electron chi connectivity index (χ2n) is 3.89. The highest BCUT2D eigenvalue weighted by Gasteiger charge is 2.16. The minimum atomic E-state index is -3.47. The summed E-state index contributed by atoms with van der Waals surface area (Å²) in [4.78, 5) is 0.0236. The van der Waals surface area contributed by atoms with E-state index >= 15 is 0 Å². The molecule has 0 bridgehead atoms. The largest absolute Gasteiger partial charge is 0.224 e. The van der Waals surface area contributed by atoms with Crippen molar-refractivity contribution in [3.8, 4) is 11.1 Å². The van der Waals surface area contributed by atoms with Gasteiger partial charge in [0.25, 0.3) is 0 Å². The Bertz CT molecular complexity index is 694. The molecule has 0 amide bonds. The molecule has 0 N–H and O–H groups in total. The van der Waals surface area contributed by atoms with E-state index in [0.717, 1.165) is 18.4 Å². The Hall–Kier alpha value is -1.75. The van der Waals surface area contributed by atoms with Crippen LogP contribution in [0.3, 0.4) is 0 Å². The molecule has 5 heteroatoms. The molecule has 0 aliphatic carbocycles. The Balaban J connectivity index is 2.72. The van der Waals surface area contributed by atoms with E-state index < -0.39 is 21.5 Å². The van der Waals surface area contributed by atoms with Gasteiger partial charge in [-0.25, -0.2) is 17.2 Å². The maximum atomic E-state index is 13.7. The zero-order valence-electron chi connectivity index (χ0n) is 9.52. The van der Waals surface area contributed by atoms with Gasteiger partial charge in [-0.3, -0.25) is 0 Å². The molecule has 0 fully saturated rings. The van der Waals surface area contributed by atoms with Crippen LogP contribution < -0.4 is 0 Å². The van der Waals surface area contributed by atoms with E-state index in [1.807, 2.05) is 0 Å². The first-order chi connectivity index (χ1) is 8.39. The Kier molecular flexibility index (Phi) is 3.17. The van der Waals surface area contributed by atoms with E-state index in [9.17, 15) is 17.2 Å². The lowest BCUT2D eigenvalue weighted by Gasteiger charge is -2.08. The zero-order chi connectivity index (χ0) is 13.3. The summed E-state index contributed by atoms with van der Waals surface area (Å²) in [6.45, 7) is 0. The van der Waals surface area contributed by atoms with Gasteiger partial charge in [-0.2, -0.15) is 0 Å². The minimum absolute atomic E-state index is 0.0236. The van der Waals surface area contributed by atoms with Crippen LogP contribution in [0.4, 0.5) is 8.78 Å². The lowest BCUT2D eigenvalue weighted by molar-refractivity contribution is 0.585. The maximum Gasteiger partial charge on any atom is 0.176 e. The van der Waals surface area contributed by atoms with Crippen molar-refractivity contribution in [3.63, 3.8) is 0 Å². The Morgan fingerprint density at radius 1 is 0.944 bits per heavy atom. The quantitative estimate of drug-likeness (QED) is 0.839. The van der Waals surface area contributed by atoms with Gasteiger partial charge < -0.3 is 0 Å². The molecule has 2 rings (SSSR count). The van der Waals surface area contributed by atoms with Crippen LogP contribution >= 0.6 is 0 Å². The highest BCUT2D eigenvalue weighted by atomic mass is 32.2. The zero-order valence-corrected chi connectivity index (χ0v) is 10.3. The van der Waals surface area contributed by atoms with Crippen LogP contribution in [0.2, 0.25) is 0 Å². The van der Waals surface area contributed by atoms with Crippen LogP contribution in [0, 0.1) is 11.6 Å². The predicted molar refractivity (Wildman–Crippen MR) is 64.9 cm³/mol. The number of halogens is 2. The van der Waals surface area contributed by atoms with Gasteiger partial charge in [-0.05, 0) is 18.2 Å². The van der Waals surface area contributed by atoms with Crippen molar-refractivity contribution >= 4 is 9.84 Å². The van der Waals surface area contributed by atoms with Crippen molar-refractivity contribution in [1.29, 1.82) is 0 Å². The van der Waals surface area contributed by atoms with E-state index in [2.05, 4.69) is 0 Å². The Morgan fingerprint density at radius 3 is 2.22 bits per heavy atom. The van der Waals surface area contributed by atoms with Crippen molar-refractivity contribution in [3.05, 3.63) is 54.1 Å². The van der Waals surface area contributed by atoms with E-state index in [1.165, 1.54) is 18.2 Å². The van der Waals surface area contributed by atoms with Gasteiger partial charge in [-0.15, -0.1) is 0 Å².